The molecule has 0 saturated carbocycles. The third-order valence-electron chi connectivity index (χ3n) is 3.32. The monoisotopic (exact) mass is 312 g/mol. The van der Waals surface area contributed by atoms with Crippen LogP contribution in [0.25, 0.3) is 11.1 Å². The Labute approximate surface area is 135 Å². The summed E-state index contributed by atoms with van der Waals surface area (Å²) in [6.45, 7) is 5.11. The molecule has 2 aromatic carbocycles. The normalized spacial score (nSPS) is 11.1. The van der Waals surface area contributed by atoms with Crippen molar-refractivity contribution in [2.24, 2.45) is 5.41 Å². The average molecular weight is 312 g/mol. The van der Waals surface area contributed by atoms with Gasteiger partial charge in [0.1, 0.15) is 5.75 Å². The largest absolute Gasteiger partial charge is 0.482 e. The van der Waals surface area contributed by atoms with Gasteiger partial charge in [0.15, 0.2) is 12.4 Å². The second-order valence-electron chi connectivity index (χ2n) is 6.37. The Morgan fingerprint density at radius 1 is 1.00 bits per heavy atom. The van der Waals surface area contributed by atoms with Crippen LogP contribution in [0.4, 0.5) is 0 Å². The van der Waals surface area contributed by atoms with Crippen LogP contribution in [0.2, 0.25) is 0 Å². The Hall–Kier alpha value is -2.62. The molecule has 0 aromatic heterocycles. The quantitative estimate of drug-likeness (QED) is 0.846. The van der Waals surface area contributed by atoms with Crippen molar-refractivity contribution >= 4 is 11.8 Å². The summed E-state index contributed by atoms with van der Waals surface area (Å²) in [5.74, 6) is -0.698. The first-order valence-electron chi connectivity index (χ1n) is 7.37. The summed E-state index contributed by atoms with van der Waals surface area (Å²) in [5.41, 5.74) is 1.75. The van der Waals surface area contributed by atoms with Gasteiger partial charge in [0.25, 0.3) is 0 Å². The second kappa shape index (κ2) is 6.65. The van der Waals surface area contributed by atoms with E-state index in [4.69, 9.17) is 9.84 Å². The highest BCUT2D eigenvalue weighted by molar-refractivity contribution is 6.01. The number of Topliss-reactive ketones (excluding diaryl/α,β-unsaturated/α-hetero) is 1. The van der Waals surface area contributed by atoms with Crippen LogP contribution in [0.3, 0.4) is 0 Å². The van der Waals surface area contributed by atoms with Gasteiger partial charge >= 0.3 is 5.97 Å². The molecule has 0 fully saturated rings. The van der Waals surface area contributed by atoms with E-state index in [9.17, 15) is 9.59 Å². The molecule has 0 bridgehead atoms. The number of ether oxygens (including phenoxy) is 1. The van der Waals surface area contributed by atoms with Gasteiger partial charge in [0, 0.05) is 11.0 Å². The fourth-order valence-electron chi connectivity index (χ4n) is 2.19. The first-order valence-corrected chi connectivity index (χ1v) is 7.37. The summed E-state index contributed by atoms with van der Waals surface area (Å²) in [5, 5.41) is 8.78. The van der Waals surface area contributed by atoms with Gasteiger partial charge in [-0.15, -0.1) is 0 Å². The zero-order valence-electron chi connectivity index (χ0n) is 13.5. The van der Waals surface area contributed by atoms with Crippen molar-refractivity contribution in [2.75, 3.05) is 6.61 Å². The number of ketones is 1. The predicted molar refractivity (Wildman–Crippen MR) is 88.8 cm³/mol. The molecule has 0 radical (unpaired) electrons. The van der Waals surface area contributed by atoms with Crippen molar-refractivity contribution in [3.8, 4) is 16.9 Å². The number of benzene rings is 2. The third kappa shape index (κ3) is 4.42. The topological polar surface area (TPSA) is 63.6 Å². The van der Waals surface area contributed by atoms with E-state index in [0.717, 1.165) is 11.1 Å². The Kier molecular flexibility index (Phi) is 4.84. The second-order valence-corrected chi connectivity index (χ2v) is 6.37. The Morgan fingerprint density at radius 3 is 2.22 bits per heavy atom. The van der Waals surface area contributed by atoms with Gasteiger partial charge in [0.2, 0.25) is 0 Å². The molecular formula is C19H20O4. The fraction of sp³-hybridized carbons (Fsp3) is 0.263. The van der Waals surface area contributed by atoms with E-state index >= 15 is 0 Å². The zero-order chi connectivity index (χ0) is 17.0. The molecule has 0 aliphatic heterocycles. The van der Waals surface area contributed by atoms with Crippen LogP contribution in [0.1, 0.15) is 31.1 Å². The van der Waals surface area contributed by atoms with Crippen LogP contribution in [-0.4, -0.2) is 23.5 Å². The summed E-state index contributed by atoms with van der Waals surface area (Å²) < 4.78 is 5.28. The van der Waals surface area contributed by atoms with Crippen molar-refractivity contribution in [2.45, 2.75) is 20.8 Å². The minimum Gasteiger partial charge on any atom is -0.482 e. The minimum atomic E-state index is -1.06. The van der Waals surface area contributed by atoms with Crippen LogP contribution in [0.5, 0.6) is 5.75 Å². The molecular weight excluding hydrogens is 292 g/mol. The number of carboxylic acid groups (broad SMARTS) is 1. The lowest BCUT2D eigenvalue weighted by molar-refractivity contribution is -0.139. The van der Waals surface area contributed by atoms with Crippen molar-refractivity contribution in [3.05, 3.63) is 54.1 Å². The molecule has 0 saturated heterocycles. The van der Waals surface area contributed by atoms with Crippen LogP contribution in [0.15, 0.2) is 48.5 Å². The summed E-state index contributed by atoms with van der Waals surface area (Å²) in [4.78, 5) is 23.3. The molecule has 0 aliphatic rings. The molecule has 4 nitrogen and oxygen atoms in total. The lowest BCUT2D eigenvalue weighted by Gasteiger charge is -2.18. The van der Waals surface area contributed by atoms with Crippen molar-refractivity contribution < 1.29 is 19.4 Å². The molecule has 2 rings (SSSR count). The van der Waals surface area contributed by atoms with E-state index in [1.165, 1.54) is 0 Å². The highest BCUT2D eigenvalue weighted by Crippen LogP contribution is 2.29. The minimum absolute atomic E-state index is 0.0181. The lowest BCUT2D eigenvalue weighted by Crippen LogP contribution is -2.20. The standard InChI is InChI=1S/C19H20O4/c1-19(2,3)18(22)15-9-14(13-7-5-4-6-8-13)10-16(11-15)23-12-17(20)21/h4-11H,12H2,1-3H3,(H,20,21). The summed E-state index contributed by atoms with van der Waals surface area (Å²) in [6.07, 6.45) is 0. The van der Waals surface area contributed by atoms with Crippen molar-refractivity contribution in [3.63, 3.8) is 0 Å². The molecule has 0 spiro atoms. The van der Waals surface area contributed by atoms with Gasteiger partial charge in [-0.05, 0) is 29.3 Å². The molecule has 23 heavy (non-hydrogen) atoms. The zero-order valence-corrected chi connectivity index (χ0v) is 13.5. The number of hydrogen-bond donors (Lipinski definition) is 1. The van der Waals surface area contributed by atoms with Gasteiger partial charge in [-0.2, -0.15) is 0 Å². The SMILES string of the molecule is CC(C)(C)C(=O)c1cc(OCC(=O)O)cc(-c2ccccc2)c1. The number of hydrogen-bond acceptors (Lipinski definition) is 3. The van der Waals surface area contributed by atoms with Crippen LogP contribution in [0, 0.1) is 5.41 Å². The average Bonchev–Trinajstić information content (AvgIpc) is 2.52. The lowest BCUT2D eigenvalue weighted by atomic mass is 9.85. The van der Waals surface area contributed by atoms with Gasteiger partial charge in [-0.25, -0.2) is 4.79 Å². The van der Waals surface area contributed by atoms with E-state index in [1.54, 1.807) is 12.1 Å². The molecule has 0 aliphatic carbocycles. The molecule has 0 atom stereocenters. The predicted octanol–water partition coefficient (Wildman–Crippen LogP) is 4.05. The number of carbonyl (C=O) groups excluding carboxylic acids is 1. The highest BCUT2D eigenvalue weighted by Gasteiger charge is 2.24. The van der Waals surface area contributed by atoms with Gasteiger partial charge in [-0.1, -0.05) is 51.1 Å². The first-order chi connectivity index (χ1) is 10.8. The maximum Gasteiger partial charge on any atom is 0.341 e. The summed E-state index contributed by atoms with van der Waals surface area (Å²) >= 11 is 0. The highest BCUT2D eigenvalue weighted by atomic mass is 16.5. The number of aliphatic carboxylic acids is 1. The van der Waals surface area contributed by atoms with Crippen LogP contribution in [-0.2, 0) is 4.79 Å². The number of rotatable bonds is 5. The molecule has 0 heterocycles. The van der Waals surface area contributed by atoms with E-state index in [2.05, 4.69) is 0 Å². The van der Waals surface area contributed by atoms with Gasteiger partial charge in [-0.3, -0.25) is 4.79 Å². The maximum atomic E-state index is 12.6. The van der Waals surface area contributed by atoms with Crippen LogP contribution >= 0.6 is 0 Å². The smallest absolute Gasteiger partial charge is 0.341 e. The molecule has 1 N–H and O–H groups in total. The maximum absolute atomic E-state index is 12.6. The number of carbonyl (C=O) groups is 2. The van der Waals surface area contributed by atoms with E-state index < -0.39 is 18.0 Å². The first kappa shape index (κ1) is 16.7. The van der Waals surface area contributed by atoms with Crippen molar-refractivity contribution in [1.82, 2.24) is 0 Å². The summed E-state index contributed by atoms with van der Waals surface area (Å²) in [6, 6.07) is 14.8. The van der Waals surface area contributed by atoms with Crippen LogP contribution < -0.4 is 4.74 Å². The van der Waals surface area contributed by atoms with Gasteiger partial charge < -0.3 is 9.84 Å². The Bertz CT molecular complexity index is 712. The Balaban J connectivity index is 2.48. The number of carboxylic acids is 1. The van der Waals surface area contributed by atoms with Crippen molar-refractivity contribution in [1.29, 1.82) is 0 Å². The molecule has 2 aromatic rings. The molecule has 4 heteroatoms. The van der Waals surface area contributed by atoms with E-state index in [0.29, 0.717) is 11.3 Å². The summed E-state index contributed by atoms with van der Waals surface area (Å²) in [7, 11) is 0. The van der Waals surface area contributed by atoms with Gasteiger partial charge in [0.05, 0.1) is 0 Å². The molecule has 0 unspecified atom stereocenters. The molecule has 120 valence electrons. The Morgan fingerprint density at radius 2 is 1.65 bits per heavy atom. The molecule has 0 amide bonds. The third-order valence-corrected chi connectivity index (χ3v) is 3.32. The van der Waals surface area contributed by atoms with E-state index in [1.807, 2.05) is 57.2 Å². The van der Waals surface area contributed by atoms with E-state index in [-0.39, 0.29) is 5.78 Å². The fourth-order valence-corrected chi connectivity index (χ4v) is 2.19.